The van der Waals surface area contributed by atoms with Gasteiger partial charge in [-0.3, -0.25) is 28.8 Å². The van der Waals surface area contributed by atoms with Crippen LogP contribution in [0.3, 0.4) is 0 Å². The SMILES string of the molecule is NC(=O)C(NC(=O)c1ccccc1SSc1ccccc1C(=O)NC(C(N)=O)C(N)=O)C(N)=O. The Kier molecular flexibility index (Phi) is 9.03. The summed E-state index contributed by atoms with van der Waals surface area (Å²) in [5.74, 6) is -5.95. The molecular formula is C20H20N6O6S2. The summed E-state index contributed by atoms with van der Waals surface area (Å²) in [6.45, 7) is 0. The van der Waals surface area contributed by atoms with Crippen molar-refractivity contribution in [3.63, 3.8) is 0 Å². The smallest absolute Gasteiger partial charge is 0.253 e. The first kappa shape index (κ1) is 26.2. The second-order valence-corrected chi connectivity index (χ2v) is 8.79. The van der Waals surface area contributed by atoms with Crippen molar-refractivity contribution in [1.82, 2.24) is 10.6 Å². The minimum Gasteiger partial charge on any atom is -0.367 e. The molecule has 0 aliphatic rings. The number of primary amides is 4. The number of hydrogen-bond acceptors (Lipinski definition) is 8. The fourth-order valence-corrected chi connectivity index (χ4v) is 4.89. The molecule has 0 aromatic heterocycles. The zero-order valence-electron chi connectivity index (χ0n) is 17.3. The number of nitrogens with two attached hydrogens (primary N) is 4. The van der Waals surface area contributed by atoms with Gasteiger partial charge in [0.15, 0.2) is 12.1 Å². The van der Waals surface area contributed by atoms with E-state index in [4.69, 9.17) is 22.9 Å². The second-order valence-electron chi connectivity index (χ2n) is 6.58. The molecule has 0 heterocycles. The summed E-state index contributed by atoms with van der Waals surface area (Å²) in [7, 11) is 2.19. The van der Waals surface area contributed by atoms with Crippen LogP contribution in [0.5, 0.6) is 0 Å². The van der Waals surface area contributed by atoms with E-state index < -0.39 is 47.5 Å². The Morgan fingerprint density at radius 3 is 1.15 bits per heavy atom. The van der Waals surface area contributed by atoms with Gasteiger partial charge in [-0.2, -0.15) is 0 Å². The van der Waals surface area contributed by atoms with Crippen molar-refractivity contribution in [2.24, 2.45) is 22.9 Å². The minimum atomic E-state index is -1.69. The fourth-order valence-electron chi connectivity index (χ4n) is 2.53. The monoisotopic (exact) mass is 504 g/mol. The topological polar surface area (TPSA) is 231 Å². The first-order chi connectivity index (χ1) is 16.0. The first-order valence-electron chi connectivity index (χ1n) is 9.34. The molecule has 14 heteroatoms. The normalized spacial score (nSPS) is 10.5. The lowest BCUT2D eigenvalue weighted by Crippen LogP contribution is -2.52. The van der Waals surface area contributed by atoms with Crippen molar-refractivity contribution in [2.75, 3.05) is 0 Å². The van der Waals surface area contributed by atoms with Crippen LogP contribution in [0, 0.1) is 0 Å². The maximum absolute atomic E-state index is 12.6. The molecule has 10 N–H and O–H groups in total. The van der Waals surface area contributed by atoms with Crippen molar-refractivity contribution in [3.05, 3.63) is 59.7 Å². The lowest BCUT2D eigenvalue weighted by atomic mass is 10.2. The summed E-state index contributed by atoms with van der Waals surface area (Å²) in [5, 5.41) is 4.36. The fraction of sp³-hybridized carbons (Fsp3) is 0.100. The van der Waals surface area contributed by atoms with Crippen molar-refractivity contribution in [2.45, 2.75) is 21.9 Å². The molecule has 0 aliphatic heterocycles. The number of hydrogen-bond donors (Lipinski definition) is 6. The zero-order chi connectivity index (χ0) is 25.4. The van der Waals surface area contributed by atoms with Crippen LogP contribution in [0.15, 0.2) is 58.3 Å². The van der Waals surface area contributed by atoms with Crippen molar-refractivity contribution in [1.29, 1.82) is 0 Å². The van der Waals surface area contributed by atoms with E-state index in [2.05, 4.69) is 10.6 Å². The number of rotatable bonds is 11. The molecule has 178 valence electrons. The number of nitrogens with one attached hydrogen (secondary N) is 2. The molecule has 0 unspecified atom stereocenters. The van der Waals surface area contributed by atoms with Crippen LogP contribution in [0.2, 0.25) is 0 Å². The van der Waals surface area contributed by atoms with Crippen LogP contribution in [-0.2, 0) is 19.2 Å². The Balaban J connectivity index is 2.23. The average Bonchev–Trinajstić information content (AvgIpc) is 2.78. The van der Waals surface area contributed by atoms with Gasteiger partial charge in [0.05, 0.1) is 11.1 Å². The van der Waals surface area contributed by atoms with E-state index in [0.29, 0.717) is 9.79 Å². The van der Waals surface area contributed by atoms with Crippen LogP contribution in [-0.4, -0.2) is 47.5 Å². The molecule has 12 nitrogen and oxygen atoms in total. The Hall–Kier alpha value is -4.04. The van der Waals surface area contributed by atoms with Crippen molar-refractivity contribution >= 4 is 57.0 Å². The van der Waals surface area contributed by atoms with E-state index in [1.807, 2.05) is 0 Å². The molecular weight excluding hydrogens is 484 g/mol. The van der Waals surface area contributed by atoms with Gasteiger partial charge < -0.3 is 33.6 Å². The molecule has 2 aromatic rings. The maximum Gasteiger partial charge on any atom is 0.253 e. The Morgan fingerprint density at radius 1 is 0.559 bits per heavy atom. The van der Waals surface area contributed by atoms with E-state index in [1.165, 1.54) is 12.1 Å². The highest BCUT2D eigenvalue weighted by Crippen LogP contribution is 2.40. The zero-order valence-corrected chi connectivity index (χ0v) is 19.0. The Bertz CT molecular complexity index is 1040. The molecule has 6 amide bonds. The van der Waals surface area contributed by atoms with Gasteiger partial charge in [0, 0.05) is 9.79 Å². The second kappa shape index (κ2) is 11.7. The molecule has 0 saturated heterocycles. The summed E-state index contributed by atoms with van der Waals surface area (Å²) >= 11 is 0. The standard InChI is InChI=1S/C20H20N6O6S2/c21-15(27)13(16(22)28)25-19(31)9-5-1-3-7-11(9)33-34-12-8-4-2-6-10(12)20(32)26-14(17(23)29)18(24)30/h1-8,13-14H,(H2,21,27)(H2,22,28)(H2,23,29)(H2,24,30)(H,25,31)(H,26,32). The molecule has 0 fully saturated rings. The molecule has 0 spiro atoms. The predicted octanol–water partition coefficient (Wildman–Crippen LogP) is -1.38. The highest BCUT2D eigenvalue weighted by Gasteiger charge is 2.27. The van der Waals surface area contributed by atoms with Crippen molar-refractivity contribution in [3.8, 4) is 0 Å². The molecule has 2 rings (SSSR count). The van der Waals surface area contributed by atoms with E-state index in [9.17, 15) is 28.8 Å². The first-order valence-corrected chi connectivity index (χ1v) is 11.5. The number of carbonyl (C=O) groups excluding carboxylic acids is 6. The van der Waals surface area contributed by atoms with Crippen LogP contribution in [0.4, 0.5) is 0 Å². The summed E-state index contributed by atoms with van der Waals surface area (Å²) in [4.78, 5) is 71.6. The summed E-state index contributed by atoms with van der Waals surface area (Å²) in [6, 6.07) is 9.21. The number of benzene rings is 2. The van der Waals surface area contributed by atoms with E-state index in [0.717, 1.165) is 21.6 Å². The van der Waals surface area contributed by atoms with Gasteiger partial charge in [-0.25, -0.2) is 0 Å². The van der Waals surface area contributed by atoms with Crippen LogP contribution in [0.1, 0.15) is 20.7 Å². The highest BCUT2D eigenvalue weighted by molar-refractivity contribution is 8.76. The van der Waals surface area contributed by atoms with Gasteiger partial charge >= 0.3 is 0 Å². The highest BCUT2D eigenvalue weighted by atomic mass is 33.1. The van der Waals surface area contributed by atoms with Gasteiger partial charge in [0.1, 0.15) is 0 Å². The molecule has 2 aromatic carbocycles. The molecule has 0 radical (unpaired) electrons. The summed E-state index contributed by atoms with van der Waals surface area (Å²) in [6.07, 6.45) is 0. The summed E-state index contributed by atoms with van der Waals surface area (Å²) in [5.41, 5.74) is 20.6. The van der Waals surface area contributed by atoms with Gasteiger partial charge in [-0.1, -0.05) is 45.9 Å². The third kappa shape index (κ3) is 6.73. The van der Waals surface area contributed by atoms with Crippen LogP contribution in [0.25, 0.3) is 0 Å². The Labute approximate surface area is 200 Å². The van der Waals surface area contributed by atoms with Gasteiger partial charge in [0.2, 0.25) is 23.6 Å². The van der Waals surface area contributed by atoms with Gasteiger partial charge in [-0.05, 0) is 24.3 Å². The number of amides is 6. The molecule has 0 bridgehead atoms. The average molecular weight is 505 g/mol. The van der Waals surface area contributed by atoms with E-state index in [1.54, 1.807) is 36.4 Å². The van der Waals surface area contributed by atoms with E-state index >= 15 is 0 Å². The van der Waals surface area contributed by atoms with E-state index in [-0.39, 0.29) is 11.1 Å². The predicted molar refractivity (Wildman–Crippen MR) is 124 cm³/mol. The molecule has 0 saturated carbocycles. The lowest BCUT2D eigenvalue weighted by molar-refractivity contribution is -0.130. The molecule has 0 aliphatic carbocycles. The minimum absolute atomic E-state index is 0.122. The van der Waals surface area contributed by atoms with Gasteiger partial charge in [-0.15, -0.1) is 0 Å². The van der Waals surface area contributed by atoms with Gasteiger partial charge in [0.25, 0.3) is 11.8 Å². The lowest BCUT2D eigenvalue weighted by Gasteiger charge is -2.15. The summed E-state index contributed by atoms with van der Waals surface area (Å²) < 4.78 is 0. The quantitative estimate of drug-likeness (QED) is 0.157. The largest absolute Gasteiger partial charge is 0.367 e. The molecule has 0 atom stereocenters. The number of carbonyl (C=O) groups is 6. The maximum atomic E-state index is 12.6. The van der Waals surface area contributed by atoms with Crippen LogP contribution >= 0.6 is 21.6 Å². The Morgan fingerprint density at radius 2 is 0.853 bits per heavy atom. The molecule has 34 heavy (non-hydrogen) atoms. The third-order valence-corrected chi connectivity index (χ3v) is 6.66. The third-order valence-electron chi connectivity index (χ3n) is 4.17. The van der Waals surface area contributed by atoms with Crippen LogP contribution < -0.4 is 33.6 Å². The van der Waals surface area contributed by atoms with Crippen molar-refractivity contribution < 1.29 is 28.8 Å².